The molecule has 3 aromatic rings. The summed E-state index contributed by atoms with van der Waals surface area (Å²) < 4.78 is 21.6. The van der Waals surface area contributed by atoms with Gasteiger partial charge in [-0.1, -0.05) is 24.2 Å². The molecule has 0 saturated carbocycles. The number of ether oxygens (including phenoxy) is 2. The van der Waals surface area contributed by atoms with Gasteiger partial charge in [-0.2, -0.15) is 0 Å². The Morgan fingerprint density at radius 3 is 2.79 bits per heavy atom. The van der Waals surface area contributed by atoms with Crippen molar-refractivity contribution in [1.29, 1.82) is 0 Å². The van der Waals surface area contributed by atoms with Crippen molar-refractivity contribution in [2.45, 2.75) is 38.6 Å². The Morgan fingerprint density at radius 1 is 1.10 bits per heavy atom. The van der Waals surface area contributed by atoms with Crippen molar-refractivity contribution >= 4 is 5.91 Å². The molecule has 1 saturated heterocycles. The third-order valence-electron chi connectivity index (χ3n) is 5.36. The molecule has 0 aliphatic carbocycles. The highest BCUT2D eigenvalue weighted by atomic mass is 16.7. The average molecular weight is 395 g/mol. The molecule has 8 nitrogen and oxygen atoms in total. The van der Waals surface area contributed by atoms with E-state index in [2.05, 4.69) is 24.2 Å². The van der Waals surface area contributed by atoms with E-state index in [-0.39, 0.29) is 30.4 Å². The van der Waals surface area contributed by atoms with Crippen molar-refractivity contribution in [2.24, 2.45) is 0 Å². The molecule has 8 heteroatoms. The molecule has 0 spiro atoms. The predicted molar refractivity (Wildman–Crippen MR) is 102 cm³/mol. The van der Waals surface area contributed by atoms with E-state index in [1.54, 1.807) is 11.0 Å². The lowest BCUT2D eigenvalue weighted by atomic mass is 10.1. The molecule has 1 amide bonds. The van der Waals surface area contributed by atoms with Gasteiger partial charge in [0.25, 0.3) is 5.91 Å². The summed E-state index contributed by atoms with van der Waals surface area (Å²) in [5.74, 6) is 2.76. The number of rotatable bonds is 4. The summed E-state index contributed by atoms with van der Waals surface area (Å²) in [6, 6.07) is 8.99. The van der Waals surface area contributed by atoms with Gasteiger partial charge < -0.3 is 23.4 Å². The van der Waals surface area contributed by atoms with Crippen molar-refractivity contribution in [3.8, 4) is 22.8 Å². The average Bonchev–Trinajstić information content (AvgIpc) is 3.52. The van der Waals surface area contributed by atoms with Gasteiger partial charge in [-0.25, -0.2) is 0 Å². The SMILES string of the molecule is CC(C)c1cc(C2CCCN2C(=O)c2cc(-c3ccc4c(c3)OCO4)on2)no1. The zero-order valence-corrected chi connectivity index (χ0v) is 16.3. The molecule has 2 aliphatic rings. The maximum atomic E-state index is 13.1. The van der Waals surface area contributed by atoms with Gasteiger partial charge in [0, 0.05) is 30.2 Å². The Hall–Kier alpha value is -3.29. The third-order valence-corrected chi connectivity index (χ3v) is 5.36. The number of amides is 1. The second-order valence-corrected chi connectivity index (χ2v) is 7.61. The molecule has 2 aromatic heterocycles. The standard InChI is InChI=1S/C21H21N3O5/c1-12(2)18-9-14(22-28-18)16-4-3-7-24(16)21(25)15-10-19(29-23-15)13-5-6-17-20(8-13)27-11-26-17/h5-6,8-10,12,16H,3-4,7,11H2,1-2H3. The van der Waals surface area contributed by atoms with E-state index in [4.69, 9.17) is 18.5 Å². The van der Waals surface area contributed by atoms with Gasteiger partial charge in [-0.3, -0.25) is 4.79 Å². The first-order valence-electron chi connectivity index (χ1n) is 9.74. The second-order valence-electron chi connectivity index (χ2n) is 7.61. The topological polar surface area (TPSA) is 90.8 Å². The Morgan fingerprint density at radius 2 is 1.97 bits per heavy atom. The van der Waals surface area contributed by atoms with Crippen molar-refractivity contribution in [1.82, 2.24) is 15.2 Å². The number of carbonyl (C=O) groups excluding carboxylic acids is 1. The number of hydrogen-bond donors (Lipinski definition) is 0. The summed E-state index contributed by atoms with van der Waals surface area (Å²) in [5.41, 5.74) is 1.84. The van der Waals surface area contributed by atoms with E-state index < -0.39 is 0 Å². The van der Waals surface area contributed by atoms with E-state index in [1.807, 2.05) is 24.3 Å². The molecule has 0 radical (unpaired) electrons. The Labute approximate surface area is 167 Å². The summed E-state index contributed by atoms with van der Waals surface area (Å²) in [5, 5.41) is 8.20. The molecule has 1 aromatic carbocycles. The fourth-order valence-electron chi connectivity index (χ4n) is 3.76. The van der Waals surface area contributed by atoms with Crippen LogP contribution in [0.4, 0.5) is 0 Å². The van der Waals surface area contributed by atoms with Crippen LogP contribution in [0.1, 0.15) is 60.6 Å². The van der Waals surface area contributed by atoms with E-state index in [0.29, 0.717) is 23.8 Å². The molecule has 0 bridgehead atoms. The number of benzene rings is 1. The van der Waals surface area contributed by atoms with Gasteiger partial charge >= 0.3 is 0 Å². The normalized spacial score (nSPS) is 18.0. The van der Waals surface area contributed by atoms with Crippen LogP contribution < -0.4 is 9.47 Å². The quantitative estimate of drug-likeness (QED) is 0.655. The van der Waals surface area contributed by atoms with Crippen LogP contribution in [-0.2, 0) is 0 Å². The summed E-state index contributed by atoms with van der Waals surface area (Å²) in [7, 11) is 0. The van der Waals surface area contributed by atoms with E-state index in [1.165, 1.54) is 0 Å². The highest BCUT2D eigenvalue weighted by molar-refractivity contribution is 5.93. The number of aromatic nitrogens is 2. The first kappa shape index (κ1) is 17.8. The number of hydrogen-bond acceptors (Lipinski definition) is 7. The molecule has 0 N–H and O–H groups in total. The van der Waals surface area contributed by atoms with Crippen LogP contribution in [0, 0.1) is 0 Å². The fraction of sp³-hybridized carbons (Fsp3) is 0.381. The van der Waals surface area contributed by atoms with Crippen LogP contribution in [0.5, 0.6) is 11.5 Å². The van der Waals surface area contributed by atoms with Crippen molar-refractivity contribution < 1.29 is 23.3 Å². The Balaban J connectivity index is 1.37. The first-order chi connectivity index (χ1) is 14.1. The van der Waals surface area contributed by atoms with Gasteiger partial charge in [0.15, 0.2) is 23.0 Å². The van der Waals surface area contributed by atoms with Gasteiger partial charge in [0.1, 0.15) is 11.5 Å². The summed E-state index contributed by atoms with van der Waals surface area (Å²) in [4.78, 5) is 14.9. The largest absolute Gasteiger partial charge is 0.454 e. The molecular formula is C21H21N3O5. The molecule has 29 heavy (non-hydrogen) atoms. The third kappa shape index (κ3) is 3.14. The maximum Gasteiger partial charge on any atom is 0.276 e. The smallest absolute Gasteiger partial charge is 0.276 e. The highest BCUT2D eigenvalue weighted by Crippen LogP contribution is 2.37. The summed E-state index contributed by atoms with van der Waals surface area (Å²) >= 11 is 0. The lowest BCUT2D eigenvalue weighted by Gasteiger charge is -2.21. The van der Waals surface area contributed by atoms with Crippen LogP contribution in [0.3, 0.4) is 0 Å². The van der Waals surface area contributed by atoms with Crippen molar-refractivity contribution in [2.75, 3.05) is 13.3 Å². The van der Waals surface area contributed by atoms with E-state index in [9.17, 15) is 4.79 Å². The minimum atomic E-state index is -0.169. The zero-order valence-electron chi connectivity index (χ0n) is 16.3. The number of fused-ring (bicyclic) bond motifs is 1. The molecular weight excluding hydrogens is 374 g/mol. The van der Waals surface area contributed by atoms with Crippen LogP contribution in [-0.4, -0.2) is 34.5 Å². The van der Waals surface area contributed by atoms with Crippen LogP contribution in [0.25, 0.3) is 11.3 Å². The molecule has 150 valence electrons. The second kappa shape index (κ2) is 6.95. The van der Waals surface area contributed by atoms with E-state index >= 15 is 0 Å². The van der Waals surface area contributed by atoms with Crippen LogP contribution in [0.2, 0.25) is 0 Å². The van der Waals surface area contributed by atoms with Crippen LogP contribution in [0.15, 0.2) is 39.4 Å². The summed E-state index contributed by atoms with van der Waals surface area (Å²) in [6.45, 7) is 4.96. The predicted octanol–water partition coefficient (Wildman–Crippen LogP) is 4.16. The molecule has 1 fully saturated rings. The van der Waals surface area contributed by atoms with Gasteiger partial charge in [0.05, 0.1) is 6.04 Å². The lowest BCUT2D eigenvalue weighted by molar-refractivity contribution is 0.0720. The highest BCUT2D eigenvalue weighted by Gasteiger charge is 2.34. The molecule has 1 unspecified atom stereocenters. The molecule has 2 aliphatic heterocycles. The zero-order chi connectivity index (χ0) is 20.0. The monoisotopic (exact) mass is 395 g/mol. The Kier molecular flexibility index (Phi) is 4.26. The van der Waals surface area contributed by atoms with E-state index in [0.717, 1.165) is 29.9 Å². The van der Waals surface area contributed by atoms with Gasteiger partial charge in [0.2, 0.25) is 6.79 Å². The molecule has 4 heterocycles. The number of nitrogens with zero attached hydrogens (tertiary/aromatic N) is 3. The lowest BCUT2D eigenvalue weighted by Crippen LogP contribution is -2.30. The molecule has 5 rings (SSSR count). The van der Waals surface area contributed by atoms with Crippen LogP contribution >= 0.6 is 0 Å². The minimum Gasteiger partial charge on any atom is -0.454 e. The number of carbonyl (C=O) groups is 1. The fourth-order valence-corrected chi connectivity index (χ4v) is 3.76. The Bertz CT molecular complexity index is 1050. The minimum absolute atomic E-state index is 0.107. The number of likely N-dealkylation sites (tertiary alicyclic amines) is 1. The van der Waals surface area contributed by atoms with Gasteiger partial charge in [-0.15, -0.1) is 0 Å². The maximum absolute atomic E-state index is 13.1. The van der Waals surface area contributed by atoms with Gasteiger partial charge in [-0.05, 0) is 31.0 Å². The molecule has 1 atom stereocenters. The summed E-state index contributed by atoms with van der Waals surface area (Å²) in [6.07, 6.45) is 1.76. The first-order valence-corrected chi connectivity index (χ1v) is 9.74. The van der Waals surface area contributed by atoms with Crippen molar-refractivity contribution in [3.05, 3.63) is 47.5 Å². The van der Waals surface area contributed by atoms with Crippen molar-refractivity contribution in [3.63, 3.8) is 0 Å².